The number of hydrogen-bond acceptors (Lipinski definition) is 4. The molecule has 0 saturated heterocycles. The summed E-state index contributed by atoms with van der Waals surface area (Å²) < 4.78 is 54.3. The van der Waals surface area contributed by atoms with E-state index in [1.807, 2.05) is 4.90 Å². The van der Waals surface area contributed by atoms with Gasteiger partial charge in [0.2, 0.25) is 0 Å². The number of aromatic nitrogens is 1. The molecule has 1 saturated carbocycles. The number of hydrogen-bond donors (Lipinski definition) is 1. The molecule has 0 bridgehead atoms. The standard InChI is InChI=1S/C26H28F4N4O/c1-33(2)20-13-16(12-17(27)14-20)25(35)31-18-8-10-19(11-9-18)34(3)23-15-24(26(28,29)30)32-22-7-5-4-6-21(22)23/h4-7,12-15,18-19H,8-11H2,1-3H3,(H,31,35). The number of pyridine rings is 1. The Labute approximate surface area is 201 Å². The highest BCUT2D eigenvalue weighted by Crippen LogP contribution is 2.36. The van der Waals surface area contributed by atoms with Crippen molar-refractivity contribution in [3.8, 4) is 0 Å². The number of benzene rings is 2. The molecule has 0 aliphatic heterocycles. The molecule has 1 amide bonds. The van der Waals surface area contributed by atoms with Gasteiger partial charge in [-0.3, -0.25) is 4.79 Å². The average Bonchev–Trinajstić information content (AvgIpc) is 2.82. The van der Waals surface area contributed by atoms with Crippen molar-refractivity contribution < 1.29 is 22.4 Å². The first-order valence-electron chi connectivity index (χ1n) is 11.5. The molecule has 0 unspecified atom stereocenters. The van der Waals surface area contributed by atoms with Crippen LogP contribution in [0.2, 0.25) is 0 Å². The average molecular weight is 489 g/mol. The predicted octanol–water partition coefficient (Wildman–Crippen LogP) is 5.64. The van der Waals surface area contributed by atoms with Gasteiger partial charge in [0.25, 0.3) is 5.91 Å². The van der Waals surface area contributed by atoms with E-state index in [4.69, 9.17) is 0 Å². The Kier molecular flexibility index (Phi) is 6.87. The van der Waals surface area contributed by atoms with Crippen LogP contribution in [0.3, 0.4) is 0 Å². The van der Waals surface area contributed by atoms with Crippen LogP contribution in [0.4, 0.5) is 28.9 Å². The topological polar surface area (TPSA) is 48.5 Å². The highest BCUT2D eigenvalue weighted by molar-refractivity contribution is 5.95. The maximum Gasteiger partial charge on any atom is 0.433 e. The van der Waals surface area contributed by atoms with E-state index in [9.17, 15) is 22.4 Å². The Morgan fingerprint density at radius 1 is 1.00 bits per heavy atom. The highest BCUT2D eigenvalue weighted by Gasteiger charge is 2.34. The fourth-order valence-corrected chi connectivity index (χ4v) is 4.63. The van der Waals surface area contributed by atoms with Crippen molar-refractivity contribution in [2.45, 2.75) is 43.9 Å². The van der Waals surface area contributed by atoms with E-state index in [-0.39, 0.29) is 23.6 Å². The lowest BCUT2D eigenvalue weighted by Crippen LogP contribution is -2.43. The maximum atomic E-state index is 14.0. The number of carbonyl (C=O) groups is 1. The van der Waals surface area contributed by atoms with E-state index in [2.05, 4.69) is 10.3 Å². The van der Waals surface area contributed by atoms with E-state index in [0.717, 1.165) is 6.07 Å². The van der Waals surface area contributed by atoms with Crippen LogP contribution in [-0.2, 0) is 6.18 Å². The van der Waals surface area contributed by atoms with Crippen LogP contribution < -0.4 is 15.1 Å². The summed E-state index contributed by atoms with van der Waals surface area (Å²) in [4.78, 5) is 20.2. The van der Waals surface area contributed by atoms with Gasteiger partial charge in [-0.1, -0.05) is 18.2 Å². The van der Waals surface area contributed by atoms with Crippen LogP contribution in [-0.4, -0.2) is 44.1 Å². The van der Waals surface area contributed by atoms with Crippen molar-refractivity contribution in [1.29, 1.82) is 0 Å². The molecular weight excluding hydrogens is 460 g/mol. The summed E-state index contributed by atoms with van der Waals surface area (Å²) in [6.45, 7) is 0. The van der Waals surface area contributed by atoms with E-state index >= 15 is 0 Å². The molecule has 1 aromatic heterocycles. The second kappa shape index (κ2) is 9.71. The minimum Gasteiger partial charge on any atom is -0.378 e. The second-order valence-electron chi connectivity index (χ2n) is 9.22. The molecule has 1 aliphatic rings. The SMILES string of the molecule is CN(C)c1cc(F)cc(C(=O)NC2CCC(N(C)c3cc(C(F)(F)F)nc4ccccc34)CC2)c1. The lowest BCUT2D eigenvalue weighted by atomic mass is 9.89. The second-order valence-corrected chi connectivity index (χ2v) is 9.22. The van der Waals surface area contributed by atoms with Crippen molar-refractivity contribution in [3.63, 3.8) is 0 Å². The Morgan fingerprint density at radius 2 is 1.69 bits per heavy atom. The minimum atomic E-state index is -4.54. The van der Waals surface area contributed by atoms with Crippen molar-refractivity contribution >= 4 is 28.2 Å². The molecule has 1 fully saturated rings. The number of carbonyl (C=O) groups excluding carboxylic acids is 1. The summed E-state index contributed by atoms with van der Waals surface area (Å²) >= 11 is 0. The van der Waals surface area contributed by atoms with Crippen molar-refractivity contribution in [1.82, 2.24) is 10.3 Å². The summed E-state index contributed by atoms with van der Waals surface area (Å²) in [5.74, 6) is -0.811. The molecule has 0 atom stereocenters. The summed E-state index contributed by atoms with van der Waals surface area (Å²) in [5, 5.41) is 3.65. The number of alkyl halides is 3. The fourth-order valence-electron chi connectivity index (χ4n) is 4.63. The van der Waals surface area contributed by atoms with Gasteiger partial charge in [-0.15, -0.1) is 0 Å². The molecule has 0 radical (unpaired) electrons. The minimum absolute atomic E-state index is 0.0181. The van der Waals surface area contributed by atoms with Gasteiger partial charge < -0.3 is 15.1 Å². The van der Waals surface area contributed by atoms with Crippen LogP contribution in [0.15, 0.2) is 48.5 Å². The maximum absolute atomic E-state index is 14.0. The third kappa shape index (κ3) is 5.49. The first-order chi connectivity index (χ1) is 16.5. The molecule has 4 rings (SSSR count). The number of nitrogens with zero attached hydrogens (tertiary/aromatic N) is 3. The number of para-hydroxylation sites is 1. The number of nitrogens with one attached hydrogen (secondary N) is 1. The molecule has 2 aromatic carbocycles. The lowest BCUT2D eigenvalue weighted by Gasteiger charge is -2.37. The molecule has 0 spiro atoms. The van der Waals surface area contributed by atoms with Gasteiger partial charge in [-0.05, 0) is 56.0 Å². The Hall–Kier alpha value is -3.36. The predicted molar refractivity (Wildman–Crippen MR) is 129 cm³/mol. The van der Waals surface area contributed by atoms with Gasteiger partial charge in [0.05, 0.1) is 5.52 Å². The number of halogens is 4. The van der Waals surface area contributed by atoms with E-state index in [1.54, 1.807) is 56.4 Å². The third-order valence-corrected chi connectivity index (χ3v) is 6.61. The third-order valence-electron chi connectivity index (χ3n) is 6.61. The highest BCUT2D eigenvalue weighted by atomic mass is 19.4. The van der Waals surface area contributed by atoms with Gasteiger partial charge in [-0.25, -0.2) is 9.37 Å². The van der Waals surface area contributed by atoms with Gasteiger partial charge in [-0.2, -0.15) is 13.2 Å². The summed E-state index contributed by atoms with van der Waals surface area (Å²) in [7, 11) is 5.36. The first-order valence-corrected chi connectivity index (χ1v) is 11.5. The zero-order valence-electron chi connectivity index (χ0n) is 19.9. The molecule has 35 heavy (non-hydrogen) atoms. The molecule has 1 N–H and O–H groups in total. The summed E-state index contributed by atoms with van der Waals surface area (Å²) in [6.07, 6.45) is -1.79. The number of amides is 1. The smallest absolute Gasteiger partial charge is 0.378 e. The van der Waals surface area contributed by atoms with Crippen LogP contribution in [0, 0.1) is 5.82 Å². The zero-order valence-corrected chi connectivity index (χ0v) is 19.9. The Morgan fingerprint density at radius 3 is 2.34 bits per heavy atom. The van der Waals surface area contributed by atoms with E-state index in [1.165, 1.54) is 12.1 Å². The van der Waals surface area contributed by atoms with E-state index < -0.39 is 17.7 Å². The molecule has 3 aromatic rings. The molecule has 186 valence electrons. The van der Waals surface area contributed by atoms with Crippen LogP contribution in [0.25, 0.3) is 10.9 Å². The largest absolute Gasteiger partial charge is 0.433 e. The van der Waals surface area contributed by atoms with Gasteiger partial charge in [0.15, 0.2) is 0 Å². The van der Waals surface area contributed by atoms with Crippen molar-refractivity contribution in [2.75, 3.05) is 30.9 Å². The fraction of sp³-hybridized carbons (Fsp3) is 0.385. The quantitative estimate of drug-likeness (QED) is 0.473. The normalized spacial score (nSPS) is 18.4. The van der Waals surface area contributed by atoms with Crippen LogP contribution >= 0.6 is 0 Å². The monoisotopic (exact) mass is 488 g/mol. The molecule has 1 heterocycles. The summed E-state index contributed by atoms with van der Waals surface area (Å²) in [5.41, 5.74) is 0.744. The summed E-state index contributed by atoms with van der Waals surface area (Å²) in [6, 6.07) is 12.1. The Bertz CT molecular complexity index is 1220. The Balaban J connectivity index is 1.46. The van der Waals surface area contributed by atoms with E-state index in [0.29, 0.717) is 48.0 Å². The van der Waals surface area contributed by atoms with Crippen LogP contribution in [0.1, 0.15) is 41.7 Å². The van der Waals surface area contributed by atoms with Gasteiger partial charge >= 0.3 is 6.18 Å². The zero-order chi connectivity index (χ0) is 25.3. The van der Waals surface area contributed by atoms with Gasteiger partial charge in [0.1, 0.15) is 11.5 Å². The van der Waals surface area contributed by atoms with Crippen molar-refractivity contribution in [2.24, 2.45) is 0 Å². The molecule has 1 aliphatic carbocycles. The number of anilines is 2. The van der Waals surface area contributed by atoms with Gasteiger partial charge in [0, 0.05) is 55.6 Å². The first kappa shape index (κ1) is 24.8. The van der Waals surface area contributed by atoms with Crippen molar-refractivity contribution in [3.05, 3.63) is 65.6 Å². The molecule has 9 heteroatoms. The molecular formula is C26H28F4N4O. The number of fused-ring (bicyclic) bond motifs is 1. The molecule has 5 nitrogen and oxygen atoms in total. The van der Waals surface area contributed by atoms with Crippen LogP contribution in [0.5, 0.6) is 0 Å². The number of rotatable bonds is 5. The lowest BCUT2D eigenvalue weighted by molar-refractivity contribution is -0.140.